The van der Waals surface area contributed by atoms with E-state index < -0.39 is 4.92 Å². The van der Waals surface area contributed by atoms with Crippen LogP contribution >= 0.6 is 0 Å². The van der Waals surface area contributed by atoms with Crippen LogP contribution in [-0.2, 0) is 16.1 Å². The second kappa shape index (κ2) is 8.35. The number of nitrogens with one attached hydrogen (secondary N) is 1. The van der Waals surface area contributed by atoms with Gasteiger partial charge in [-0.1, -0.05) is 6.92 Å². The Bertz CT molecular complexity index is 472. The van der Waals surface area contributed by atoms with Crippen molar-refractivity contribution in [1.29, 1.82) is 0 Å². The lowest BCUT2D eigenvalue weighted by atomic mass is 10.1. The van der Waals surface area contributed by atoms with Crippen LogP contribution in [0.25, 0.3) is 0 Å². The van der Waals surface area contributed by atoms with Gasteiger partial charge in [-0.2, -0.15) is 5.10 Å². The molecule has 0 fully saturated rings. The molecule has 0 aliphatic heterocycles. The molecule has 1 aromatic heterocycles. The van der Waals surface area contributed by atoms with Crippen molar-refractivity contribution in [1.82, 2.24) is 15.1 Å². The minimum atomic E-state index is -0.511. The fraction of sp³-hybridized carbons (Fsp3) is 0.692. The van der Waals surface area contributed by atoms with E-state index in [4.69, 9.17) is 4.74 Å². The van der Waals surface area contributed by atoms with Crippen molar-refractivity contribution in [3.05, 3.63) is 22.5 Å². The van der Waals surface area contributed by atoms with Crippen LogP contribution in [0.15, 0.2) is 12.4 Å². The number of hydrogen-bond donors (Lipinski definition) is 1. The van der Waals surface area contributed by atoms with Gasteiger partial charge in [-0.15, -0.1) is 0 Å². The lowest BCUT2D eigenvalue weighted by Crippen LogP contribution is -2.32. The predicted molar refractivity (Wildman–Crippen MR) is 76.8 cm³/mol. The minimum Gasteiger partial charge on any atom is -0.379 e. The van der Waals surface area contributed by atoms with Gasteiger partial charge in [0, 0.05) is 13.2 Å². The number of aromatic nitrogens is 2. The summed E-state index contributed by atoms with van der Waals surface area (Å²) in [5.74, 6) is -0.409. The molecular weight excluding hydrogens is 276 g/mol. The summed E-state index contributed by atoms with van der Waals surface area (Å²) < 4.78 is 6.78. The number of nitro groups is 1. The molecule has 1 heterocycles. The van der Waals surface area contributed by atoms with E-state index in [0.717, 1.165) is 6.42 Å². The van der Waals surface area contributed by atoms with Gasteiger partial charge in [0.1, 0.15) is 12.4 Å². The van der Waals surface area contributed by atoms with E-state index in [0.29, 0.717) is 19.7 Å². The van der Waals surface area contributed by atoms with Crippen molar-refractivity contribution in [3.63, 3.8) is 0 Å². The molecule has 8 nitrogen and oxygen atoms in total. The van der Waals surface area contributed by atoms with Crippen LogP contribution in [0.2, 0.25) is 0 Å². The zero-order valence-electron chi connectivity index (χ0n) is 12.6. The van der Waals surface area contributed by atoms with E-state index in [1.54, 1.807) is 6.92 Å². The van der Waals surface area contributed by atoms with E-state index >= 15 is 0 Å². The predicted octanol–water partition coefficient (Wildman–Crippen LogP) is 1.36. The largest absolute Gasteiger partial charge is 0.379 e. The van der Waals surface area contributed by atoms with Crippen LogP contribution in [0.3, 0.4) is 0 Å². The van der Waals surface area contributed by atoms with Crippen LogP contribution in [0, 0.1) is 16.0 Å². The Balaban J connectivity index is 2.28. The van der Waals surface area contributed by atoms with Crippen molar-refractivity contribution in [2.75, 3.05) is 13.2 Å². The van der Waals surface area contributed by atoms with Gasteiger partial charge in [0.25, 0.3) is 0 Å². The Morgan fingerprint density at radius 3 is 2.81 bits per heavy atom. The highest BCUT2D eigenvalue weighted by Gasteiger charge is 2.15. The average molecular weight is 298 g/mol. The first-order valence-corrected chi connectivity index (χ1v) is 6.96. The van der Waals surface area contributed by atoms with Gasteiger partial charge in [-0.25, -0.2) is 0 Å². The molecule has 0 aliphatic rings. The molecule has 21 heavy (non-hydrogen) atoms. The van der Waals surface area contributed by atoms with Crippen LogP contribution in [-0.4, -0.2) is 39.9 Å². The van der Waals surface area contributed by atoms with Crippen molar-refractivity contribution in [2.45, 2.75) is 39.8 Å². The highest BCUT2D eigenvalue weighted by atomic mass is 16.6. The second-order valence-corrected chi connectivity index (χ2v) is 5.14. The normalized spacial score (nSPS) is 12.4. The molecule has 1 N–H and O–H groups in total. The Kier molecular flexibility index (Phi) is 6.80. The topological polar surface area (TPSA) is 99.3 Å². The number of rotatable bonds is 9. The summed E-state index contributed by atoms with van der Waals surface area (Å²) in [5.41, 5.74) is -0.0755. The molecule has 0 radical (unpaired) electrons. The Morgan fingerprint density at radius 2 is 2.24 bits per heavy atom. The monoisotopic (exact) mass is 298 g/mol. The molecule has 1 atom stereocenters. The van der Waals surface area contributed by atoms with Gasteiger partial charge in [-0.05, 0) is 20.3 Å². The van der Waals surface area contributed by atoms with Crippen LogP contribution in [0.4, 0.5) is 5.69 Å². The zero-order chi connectivity index (χ0) is 15.8. The van der Waals surface area contributed by atoms with E-state index in [1.165, 1.54) is 17.1 Å². The molecule has 118 valence electrons. The van der Waals surface area contributed by atoms with Gasteiger partial charge < -0.3 is 10.1 Å². The number of nitrogens with zero attached hydrogens (tertiary/aromatic N) is 3. The molecule has 1 amide bonds. The first-order chi connectivity index (χ1) is 9.90. The van der Waals surface area contributed by atoms with Gasteiger partial charge in [0.2, 0.25) is 5.91 Å². The minimum absolute atomic E-state index is 0.0755. The lowest BCUT2D eigenvalue weighted by molar-refractivity contribution is -0.385. The number of ether oxygens (including phenoxy) is 1. The molecule has 8 heteroatoms. The van der Waals surface area contributed by atoms with Crippen LogP contribution in [0.5, 0.6) is 0 Å². The van der Waals surface area contributed by atoms with Crippen molar-refractivity contribution >= 4 is 11.6 Å². The molecule has 0 spiro atoms. The molecule has 0 bridgehead atoms. The number of amides is 1. The highest BCUT2D eigenvalue weighted by Crippen LogP contribution is 2.09. The quantitative estimate of drug-likeness (QED) is 0.421. The van der Waals surface area contributed by atoms with Crippen molar-refractivity contribution < 1.29 is 14.5 Å². The summed E-state index contributed by atoms with van der Waals surface area (Å²) in [6.45, 7) is 7.15. The lowest BCUT2D eigenvalue weighted by Gasteiger charge is -2.12. The van der Waals surface area contributed by atoms with Gasteiger partial charge in [0.15, 0.2) is 0 Å². The second-order valence-electron chi connectivity index (χ2n) is 5.14. The summed E-state index contributed by atoms with van der Waals surface area (Å²) in [5, 5.41) is 17.2. The molecule has 1 unspecified atom stereocenters. The number of hydrogen-bond acceptors (Lipinski definition) is 5. The van der Waals surface area contributed by atoms with Gasteiger partial charge in [-0.3, -0.25) is 19.6 Å². The van der Waals surface area contributed by atoms with Crippen molar-refractivity contribution in [2.24, 2.45) is 5.92 Å². The Hall–Kier alpha value is -1.96. The molecule has 1 rings (SSSR count). The number of carbonyl (C=O) groups is 1. The molecule has 0 aromatic carbocycles. The van der Waals surface area contributed by atoms with Gasteiger partial charge in [0.05, 0.1) is 23.5 Å². The first-order valence-electron chi connectivity index (χ1n) is 6.96. The third-order valence-electron chi connectivity index (χ3n) is 2.81. The Morgan fingerprint density at radius 1 is 1.52 bits per heavy atom. The molecule has 0 saturated heterocycles. The summed E-state index contributed by atoms with van der Waals surface area (Å²) in [6.07, 6.45) is 3.44. The van der Waals surface area contributed by atoms with Crippen LogP contribution < -0.4 is 5.32 Å². The van der Waals surface area contributed by atoms with E-state index in [9.17, 15) is 14.9 Å². The van der Waals surface area contributed by atoms with Gasteiger partial charge >= 0.3 is 5.69 Å². The maximum Gasteiger partial charge on any atom is 0.306 e. The summed E-state index contributed by atoms with van der Waals surface area (Å²) in [6, 6.07) is 0. The zero-order valence-corrected chi connectivity index (χ0v) is 12.6. The fourth-order valence-corrected chi connectivity index (χ4v) is 1.69. The SMILES string of the molecule is CC(C)OCCCNC(=O)C(C)Cn1cc([N+](=O)[O-])cn1. The molecule has 1 aromatic rings. The first kappa shape index (κ1) is 17.1. The van der Waals surface area contributed by atoms with Crippen LogP contribution in [0.1, 0.15) is 27.2 Å². The van der Waals surface area contributed by atoms with E-state index in [-0.39, 0.29) is 23.6 Å². The maximum atomic E-state index is 11.9. The summed E-state index contributed by atoms with van der Waals surface area (Å²) in [7, 11) is 0. The third kappa shape index (κ3) is 6.35. The molecule has 0 aliphatic carbocycles. The third-order valence-corrected chi connectivity index (χ3v) is 2.81. The smallest absolute Gasteiger partial charge is 0.306 e. The standard InChI is InChI=1S/C13H22N4O4/c1-10(2)21-6-4-5-14-13(18)11(3)8-16-9-12(7-15-16)17(19)20/h7,9-11H,4-6,8H2,1-3H3,(H,14,18). The fourth-order valence-electron chi connectivity index (χ4n) is 1.69. The molecular formula is C13H22N4O4. The summed E-state index contributed by atoms with van der Waals surface area (Å²) in [4.78, 5) is 21.9. The maximum absolute atomic E-state index is 11.9. The average Bonchev–Trinajstić information content (AvgIpc) is 2.86. The van der Waals surface area contributed by atoms with Crippen molar-refractivity contribution in [3.8, 4) is 0 Å². The number of carbonyl (C=O) groups excluding carboxylic acids is 1. The summed E-state index contributed by atoms with van der Waals surface area (Å²) >= 11 is 0. The highest BCUT2D eigenvalue weighted by molar-refractivity contribution is 5.78. The Labute approximate surface area is 123 Å². The van der Waals surface area contributed by atoms with E-state index in [2.05, 4.69) is 10.4 Å². The molecule has 0 saturated carbocycles. The van der Waals surface area contributed by atoms with E-state index in [1.807, 2.05) is 13.8 Å².